The summed E-state index contributed by atoms with van der Waals surface area (Å²) < 4.78 is 2.00. The Kier molecular flexibility index (Phi) is 3.58. The maximum atomic E-state index is 11.9. The molecule has 0 bridgehead atoms. The van der Waals surface area contributed by atoms with E-state index in [1.54, 1.807) is 6.33 Å². The van der Waals surface area contributed by atoms with Crippen LogP contribution in [0, 0.1) is 0 Å². The van der Waals surface area contributed by atoms with Gasteiger partial charge in [0.2, 0.25) is 5.91 Å². The van der Waals surface area contributed by atoms with E-state index in [1.165, 1.54) is 0 Å². The van der Waals surface area contributed by atoms with Gasteiger partial charge in [-0.05, 0) is 25.0 Å². The lowest BCUT2D eigenvalue weighted by Crippen LogP contribution is -2.23. The van der Waals surface area contributed by atoms with E-state index >= 15 is 0 Å². The molecular weight excluding hydrogens is 328 g/mol. The molecular formula is C19H20N6O. The first-order valence-electron chi connectivity index (χ1n) is 9.09. The average Bonchev–Trinajstić information content (AvgIpc) is 3.41. The second-order valence-electron chi connectivity index (χ2n) is 6.93. The van der Waals surface area contributed by atoms with Crippen molar-refractivity contribution in [2.45, 2.75) is 25.3 Å². The topological polar surface area (TPSA) is 67.2 Å². The number of para-hydroxylation sites is 1. The van der Waals surface area contributed by atoms with Crippen LogP contribution < -0.4 is 9.80 Å². The number of nitrogens with zero attached hydrogens (tertiary/aromatic N) is 6. The van der Waals surface area contributed by atoms with Crippen LogP contribution in [-0.4, -0.2) is 45.3 Å². The highest BCUT2D eigenvalue weighted by atomic mass is 16.2. The molecule has 2 aromatic heterocycles. The number of hydrogen-bond acceptors (Lipinski definition) is 5. The first-order chi connectivity index (χ1) is 12.8. The maximum absolute atomic E-state index is 11.9. The van der Waals surface area contributed by atoms with Gasteiger partial charge in [0, 0.05) is 37.6 Å². The van der Waals surface area contributed by atoms with Gasteiger partial charge in [-0.3, -0.25) is 9.48 Å². The second kappa shape index (κ2) is 6.09. The first kappa shape index (κ1) is 15.3. The largest absolute Gasteiger partial charge is 0.354 e. The third kappa shape index (κ3) is 2.51. The van der Waals surface area contributed by atoms with Crippen molar-refractivity contribution in [3.05, 3.63) is 43.0 Å². The minimum Gasteiger partial charge on any atom is -0.354 e. The molecule has 7 heteroatoms. The fourth-order valence-corrected chi connectivity index (χ4v) is 3.98. The molecule has 3 aromatic rings. The molecule has 1 amide bonds. The second-order valence-corrected chi connectivity index (χ2v) is 6.93. The maximum Gasteiger partial charge on any atom is 0.227 e. The molecule has 7 nitrogen and oxygen atoms in total. The standard InChI is InChI=1S/C19H20N6O/c26-18-6-3-8-24(18)15-10-22-25(12-15)14-7-9-23(11-14)19-16-4-1-2-5-17(16)20-13-21-19/h1-2,4-5,10,12-14H,3,6-9,11H2. The van der Waals surface area contributed by atoms with E-state index in [9.17, 15) is 4.79 Å². The molecule has 1 aromatic carbocycles. The van der Waals surface area contributed by atoms with Crippen molar-refractivity contribution in [2.75, 3.05) is 29.4 Å². The number of benzene rings is 1. The number of fused-ring (bicyclic) bond motifs is 1. The number of anilines is 2. The molecule has 4 heterocycles. The van der Waals surface area contributed by atoms with Crippen LogP contribution in [0.25, 0.3) is 10.9 Å². The Hall–Kier alpha value is -2.96. The number of amides is 1. The van der Waals surface area contributed by atoms with Crippen LogP contribution in [0.5, 0.6) is 0 Å². The summed E-state index contributed by atoms with van der Waals surface area (Å²) in [4.78, 5) is 25.0. The Bertz CT molecular complexity index is 962. The fourth-order valence-electron chi connectivity index (χ4n) is 3.98. The molecule has 2 aliphatic heterocycles. The van der Waals surface area contributed by atoms with Crippen molar-refractivity contribution in [3.8, 4) is 0 Å². The Labute approximate surface area is 151 Å². The fraction of sp³-hybridized carbons (Fsp3) is 0.368. The molecule has 1 atom stereocenters. The SMILES string of the molecule is O=C1CCCN1c1cnn(C2CCN(c3ncnc4ccccc34)C2)c1. The Morgan fingerprint density at radius 1 is 1.12 bits per heavy atom. The number of carbonyl (C=O) groups excluding carboxylic acids is 1. The highest BCUT2D eigenvalue weighted by molar-refractivity contribution is 5.95. The third-order valence-corrected chi connectivity index (χ3v) is 5.33. The van der Waals surface area contributed by atoms with Gasteiger partial charge < -0.3 is 9.80 Å². The van der Waals surface area contributed by atoms with Gasteiger partial charge in [0.05, 0.1) is 23.4 Å². The van der Waals surface area contributed by atoms with Crippen LogP contribution in [0.2, 0.25) is 0 Å². The predicted octanol–water partition coefficient (Wildman–Crippen LogP) is 2.40. The number of carbonyl (C=O) groups is 1. The van der Waals surface area contributed by atoms with Gasteiger partial charge >= 0.3 is 0 Å². The molecule has 0 aliphatic carbocycles. The van der Waals surface area contributed by atoms with Crippen molar-refractivity contribution < 1.29 is 4.79 Å². The lowest BCUT2D eigenvalue weighted by Gasteiger charge is -2.19. The minimum atomic E-state index is 0.199. The number of hydrogen-bond donors (Lipinski definition) is 0. The van der Waals surface area contributed by atoms with E-state index < -0.39 is 0 Å². The van der Waals surface area contributed by atoms with Crippen LogP contribution >= 0.6 is 0 Å². The minimum absolute atomic E-state index is 0.199. The Balaban J connectivity index is 1.37. The number of rotatable bonds is 3. The molecule has 2 aliphatic rings. The van der Waals surface area contributed by atoms with Gasteiger partial charge in [-0.2, -0.15) is 5.10 Å². The quantitative estimate of drug-likeness (QED) is 0.727. The Morgan fingerprint density at radius 3 is 2.92 bits per heavy atom. The molecule has 2 fully saturated rings. The summed E-state index contributed by atoms with van der Waals surface area (Å²) in [6, 6.07) is 8.39. The summed E-state index contributed by atoms with van der Waals surface area (Å²) in [7, 11) is 0. The van der Waals surface area contributed by atoms with E-state index in [-0.39, 0.29) is 11.9 Å². The first-order valence-corrected chi connectivity index (χ1v) is 9.09. The van der Waals surface area contributed by atoms with Crippen LogP contribution in [0.4, 0.5) is 11.5 Å². The highest BCUT2D eigenvalue weighted by Gasteiger charge is 2.28. The summed E-state index contributed by atoms with van der Waals surface area (Å²) in [5.74, 6) is 1.19. The van der Waals surface area contributed by atoms with Gasteiger partial charge in [0.15, 0.2) is 0 Å². The molecule has 0 saturated carbocycles. The van der Waals surface area contributed by atoms with Crippen LogP contribution in [0.3, 0.4) is 0 Å². The van der Waals surface area contributed by atoms with Crippen molar-refractivity contribution in [1.29, 1.82) is 0 Å². The van der Waals surface area contributed by atoms with Gasteiger partial charge in [-0.1, -0.05) is 12.1 Å². The lowest BCUT2D eigenvalue weighted by molar-refractivity contribution is -0.117. The molecule has 0 spiro atoms. The molecule has 0 radical (unpaired) electrons. The smallest absolute Gasteiger partial charge is 0.227 e. The summed E-state index contributed by atoms with van der Waals surface area (Å²) in [5.41, 5.74) is 1.88. The molecule has 132 valence electrons. The zero-order chi connectivity index (χ0) is 17.5. The van der Waals surface area contributed by atoms with E-state index in [0.29, 0.717) is 6.42 Å². The van der Waals surface area contributed by atoms with Crippen LogP contribution in [0.1, 0.15) is 25.3 Å². The van der Waals surface area contributed by atoms with E-state index in [2.05, 4.69) is 26.0 Å². The van der Waals surface area contributed by atoms with Gasteiger partial charge in [-0.25, -0.2) is 9.97 Å². The van der Waals surface area contributed by atoms with Crippen LogP contribution in [-0.2, 0) is 4.79 Å². The summed E-state index contributed by atoms with van der Waals surface area (Å²) in [5, 5.41) is 5.61. The monoisotopic (exact) mass is 348 g/mol. The normalized spacial score (nSPS) is 20.5. The van der Waals surface area contributed by atoms with Crippen molar-refractivity contribution in [2.24, 2.45) is 0 Å². The highest BCUT2D eigenvalue weighted by Crippen LogP contribution is 2.31. The van der Waals surface area contributed by atoms with Gasteiger partial charge in [-0.15, -0.1) is 0 Å². The molecule has 26 heavy (non-hydrogen) atoms. The Morgan fingerprint density at radius 2 is 2.04 bits per heavy atom. The van der Waals surface area contributed by atoms with Crippen LogP contribution in [0.15, 0.2) is 43.0 Å². The van der Waals surface area contributed by atoms with Gasteiger partial charge in [0.1, 0.15) is 12.1 Å². The zero-order valence-electron chi connectivity index (χ0n) is 14.5. The molecule has 1 unspecified atom stereocenters. The molecule has 5 rings (SSSR count). The van der Waals surface area contributed by atoms with E-state index in [1.807, 2.05) is 40.2 Å². The zero-order valence-corrected chi connectivity index (χ0v) is 14.5. The van der Waals surface area contributed by atoms with Crippen molar-refractivity contribution in [1.82, 2.24) is 19.7 Å². The average molecular weight is 348 g/mol. The lowest BCUT2D eigenvalue weighted by atomic mass is 10.2. The summed E-state index contributed by atoms with van der Waals surface area (Å²) >= 11 is 0. The van der Waals surface area contributed by atoms with Crippen molar-refractivity contribution in [3.63, 3.8) is 0 Å². The summed E-state index contributed by atoms with van der Waals surface area (Å²) in [6.45, 7) is 2.59. The van der Waals surface area contributed by atoms with Crippen molar-refractivity contribution >= 4 is 28.3 Å². The number of aromatic nitrogens is 4. The third-order valence-electron chi connectivity index (χ3n) is 5.33. The molecule has 0 N–H and O–H groups in total. The van der Waals surface area contributed by atoms with E-state index in [0.717, 1.165) is 54.9 Å². The van der Waals surface area contributed by atoms with Gasteiger partial charge in [0.25, 0.3) is 0 Å². The predicted molar refractivity (Wildman–Crippen MR) is 99.2 cm³/mol. The molecule has 2 saturated heterocycles. The summed E-state index contributed by atoms with van der Waals surface area (Å²) in [6.07, 6.45) is 8.04. The van der Waals surface area contributed by atoms with E-state index in [4.69, 9.17) is 0 Å².